The zero-order valence-electron chi connectivity index (χ0n) is 12.6. The van der Waals surface area contributed by atoms with Crippen molar-refractivity contribution in [2.45, 2.75) is 6.18 Å². The van der Waals surface area contributed by atoms with Crippen molar-refractivity contribution < 1.29 is 17.9 Å². The summed E-state index contributed by atoms with van der Waals surface area (Å²) in [6, 6.07) is 3.89. The Morgan fingerprint density at radius 1 is 1.17 bits per heavy atom. The van der Waals surface area contributed by atoms with Crippen molar-refractivity contribution in [2.24, 2.45) is 0 Å². The topological polar surface area (TPSA) is 63.2 Å². The third kappa shape index (κ3) is 4.70. The molecule has 124 valence electrons. The smallest absolute Gasteiger partial charge is 0.421 e. The molecule has 2 rings (SSSR count). The van der Waals surface area contributed by atoms with Crippen LogP contribution in [-0.4, -0.2) is 42.2 Å². The van der Waals surface area contributed by atoms with E-state index in [0.29, 0.717) is 11.8 Å². The molecular weight excluding hydrogens is 311 g/mol. The van der Waals surface area contributed by atoms with E-state index < -0.39 is 17.6 Å². The fraction of sp³-hybridized carbons (Fsp3) is 0.357. The van der Waals surface area contributed by atoms with Crippen LogP contribution in [0.3, 0.4) is 0 Å². The molecule has 0 aliphatic carbocycles. The van der Waals surface area contributed by atoms with Crippen molar-refractivity contribution in [3.05, 3.63) is 36.2 Å². The Hall–Kier alpha value is -2.58. The van der Waals surface area contributed by atoms with Crippen LogP contribution in [0.15, 0.2) is 30.6 Å². The maximum Gasteiger partial charge on any atom is 0.421 e. The van der Waals surface area contributed by atoms with Crippen LogP contribution in [-0.2, 0) is 6.18 Å². The van der Waals surface area contributed by atoms with Crippen LogP contribution in [0.2, 0.25) is 0 Å². The molecule has 2 heterocycles. The SMILES string of the molecule is CN(C)c1ccnc(NCCOc2ncccc2C(F)(F)F)n1. The van der Waals surface area contributed by atoms with E-state index in [4.69, 9.17) is 4.74 Å². The van der Waals surface area contributed by atoms with Crippen LogP contribution >= 0.6 is 0 Å². The summed E-state index contributed by atoms with van der Waals surface area (Å²) in [6.07, 6.45) is -1.66. The van der Waals surface area contributed by atoms with Crippen LogP contribution in [0.5, 0.6) is 5.88 Å². The summed E-state index contributed by atoms with van der Waals surface area (Å²) < 4.78 is 43.5. The van der Waals surface area contributed by atoms with Crippen LogP contribution < -0.4 is 15.0 Å². The number of nitrogens with zero attached hydrogens (tertiary/aromatic N) is 4. The van der Waals surface area contributed by atoms with E-state index in [9.17, 15) is 13.2 Å². The summed E-state index contributed by atoms with van der Waals surface area (Å²) in [6.45, 7) is 0.237. The van der Waals surface area contributed by atoms with Gasteiger partial charge in [0.2, 0.25) is 11.8 Å². The standard InChI is InChI=1S/C14H16F3N5O/c1-22(2)11-5-7-19-13(21-11)20-8-9-23-12-10(14(15,16)17)4-3-6-18-12/h3-7H,8-9H2,1-2H3,(H,19,20,21). The Morgan fingerprint density at radius 2 is 1.96 bits per heavy atom. The highest BCUT2D eigenvalue weighted by atomic mass is 19.4. The Morgan fingerprint density at radius 3 is 2.65 bits per heavy atom. The monoisotopic (exact) mass is 327 g/mol. The third-order valence-electron chi connectivity index (χ3n) is 2.80. The number of aromatic nitrogens is 3. The molecule has 0 unspecified atom stereocenters. The second kappa shape index (κ2) is 7.12. The van der Waals surface area contributed by atoms with Crippen LogP contribution in [0.25, 0.3) is 0 Å². The number of alkyl halides is 3. The number of hydrogen-bond donors (Lipinski definition) is 1. The first kappa shape index (κ1) is 16.8. The van der Waals surface area contributed by atoms with Crippen LogP contribution in [0.4, 0.5) is 24.9 Å². The van der Waals surface area contributed by atoms with Gasteiger partial charge in [0.05, 0.1) is 6.54 Å². The van der Waals surface area contributed by atoms with Crippen molar-refractivity contribution in [3.8, 4) is 5.88 Å². The molecule has 0 saturated heterocycles. The predicted octanol–water partition coefficient (Wildman–Crippen LogP) is 2.45. The van der Waals surface area contributed by atoms with Gasteiger partial charge in [0.1, 0.15) is 18.0 Å². The highest BCUT2D eigenvalue weighted by Gasteiger charge is 2.34. The summed E-state index contributed by atoms with van der Waals surface area (Å²) in [5.41, 5.74) is -0.897. The second-order valence-corrected chi connectivity index (χ2v) is 4.76. The predicted molar refractivity (Wildman–Crippen MR) is 79.6 cm³/mol. The van der Waals surface area contributed by atoms with Gasteiger partial charge in [-0.1, -0.05) is 0 Å². The first-order chi connectivity index (χ1) is 10.9. The minimum absolute atomic E-state index is 0.00432. The quantitative estimate of drug-likeness (QED) is 0.822. The molecule has 0 aliphatic rings. The van der Waals surface area contributed by atoms with E-state index in [0.717, 1.165) is 6.07 Å². The van der Waals surface area contributed by atoms with Gasteiger partial charge in [0.15, 0.2) is 0 Å². The summed E-state index contributed by atoms with van der Waals surface area (Å²) in [4.78, 5) is 13.7. The number of anilines is 2. The van der Waals surface area contributed by atoms with E-state index in [2.05, 4.69) is 20.3 Å². The minimum Gasteiger partial charge on any atom is -0.475 e. The van der Waals surface area contributed by atoms with Gasteiger partial charge >= 0.3 is 6.18 Å². The molecule has 0 bridgehead atoms. The van der Waals surface area contributed by atoms with E-state index in [1.165, 1.54) is 12.3 Å². The highest BCUT2D eigenvalue weighted by molar-refractivity contribution is 5.40. The van der Waals surface area contributed by atoms with Gasteiger partial charge in [-0.15, -0.1) is 0 Å². The van der Waals surface area contributed by atoms with Crippen molar-refractivity contribution in [1.29, 1.82) is 0 Å². The first-order valence-corrected chi connectivity index (χ1v) is 6.77. The molecule has 0 atom stereocenters. The maximum atomic E-state index is 12.8. The van der Waals surface area contributed by atoms with E-state index in [1.54, 1.807) is 12.3 Å². The average Bonchev–Trinajstić information content (AvgIpc) is 2.51. The Bertz CT molecular complexity index is 648. The molecule has 1 N–H and O–H groups in total. The van der Waals surface area contributed by atoms with Gasteiger partial charge in [-0.25, -0.2) is 9.97 Å². The summed E-state index contributed by atoms with van der Waals surface area (Å²) in [5.74, 6) is 0.647. The molecule has 2 aromatic rings. The summed E-state index contributed by atoms with van der Waals surface area (Å²) in [7, 11) is 3.68. The number of pyridine rings is 1. The van der Waals surface area contributed by atoms with Crippen molar-refractivity contribution in [1.82, 2.24) is 15.0 Å². The number of halogens is 3. The Kier molecular flexibility index (Phi) is 5.20. The fourth-order valence-corrected chi connectivity index (χ4v) is 1.72. The lowest BCUT2D eigenvalue weighted by Crippen LogP contribution is -2.17. The molecule has 0 fully saturated rings. The van der Waals surface area contributed by atoms with Gasteiger partial charge in [-0.05, 0) is 18.2 Å². The molecule has 2 aromatic heterocycles. The van der Waals surface area contributed by atoms with Crippen LogP contribution in [0.1, 0.15) is 5.56 Å². The molecule has 0 saturated carbocycles. The Balaban J connectivity index is 1.90. The van der Waals surface area contributed by atoms with Gasteiger partial charge in [0.25, 0.3) is 0 Å². The van der Waals surface area contributed by atoms with Gasteiger partial charge < -0.3 is 15.0 Å². The molecule has 0 aromatic carbocycles. The maximum absolute atomic E-state index is 12.8. The highest BCUT2D eigenvalue weighted by Crippen LogP contribution is 2.34. The largest absolute Gasteiger partial charge is 0.475 e. The lowest BCUT2D eigenvalue weighted by atomic mass is 10.2. The summed E-state index contributed by atoms with van der Waals surface area (Å²) >= 11 is 0. The fourth-order valence-electron chi connectivity index (χ4n) is 1.72. The van der Waals surface area contributed by atoms with E-state index in [1.807, 2.05) is 19.0 Å². The number of ether oxygens (including phenoxy) is 1. The average molecular weight is 327 g/mol. The van der Waals surface area contributed by atoms with Crippen molar-refractivity contribution >= 4 is 11.8 Å². The third-order valence-corrected chi connectivity index (χ3v) is 2.80. The minimum atomic E-state index is -4.50. The van der Waals surface area contributed by atoms with Crippen molar-refractivity contribution in [2.75, 3.05) is 37.5 Å². The zero-order chi connectivity index (χ0) is 16.9. The van der Waals surface area contributed by atoms with Gasteiger partial charge in [0, 0.05) is 26.5 Å². The normalized spacial score (nSPS) is 11.2. The zero-order valence-corrected chi connectivity index (χ0v) is 12.6. The molecule has 0 radical (unpaired) electrons. The van der Waals surface area contributed by atoms with E-state index in [-0.39, 0.29) is 13.2 Å². The molecule has 0 aliphatic heterocycles. The number of nitrogens with one attached hydrogen (secondary N) is 1. The van der Waals surface area contributed by atoms with Gasteiger partial charge in [-0.3, -0.25) is 0 Å². The van der Waals surface area contributed by atoms with E-state index >= 15 is 0 Å². The van der Waals surface area contributed by atoms with Gasteiger partial charge in [-0.2, -0.15) is 18.2 Å². The molecule has 0 spiro atoms. The summed E-state index contributed by atoms with van der Waals surface area (Å²) in [5, 5.41) is 2.89. The lowest BCUT2D eigenvalue weighted by molar-refractivity contribution is -0.139. The van der Waals surface area contributed by atoms with Crippen LogP contribution in [0, 0.1) is 0 Å². The first-order valence-electron chi connectivity index (χ1n) is 6.77. The molecule has 6 nitrogen and oxygen atoms in total. The van der Waals surface area contributed by atoms with Crippen molar-refractivity contribution in [3.63, 3.8) is 0 Å². The Labute approximate surface area is 131 Å². The molecule has 0 amide bonds. The second-order valence-electron chi connectivity index (χ2n) is 4.76. The molecular formula is C14H16F3N5O. The lowest BCUT2D eigenvalue weighted by Gasteiger charge is -2.14. The number of rotatable bonds is 6. The molecule has 23 heavy (non-hydrogen) atoms. The molecule has 9 heteroatoms. The number of hydrogen-bond acceptors (Lipinski definition) is 6.